The maximum absolute atomic E-state index is 2.84. The van der Waals surface area contributed by atoms with Crippen LogP contribution in [0.15, 0.2) is 0 Å². The summed E-state index contributed by atoms with van der Waals surface area (Å²) in [6.45, 7) is 14.3. The maximum Gasteiger partial charge on any atom is 0.0242 e. The van der Waals surface area contributed by atoms with E-state index in [4.69, 9.17) is 0 Å². The van der Waals surface area contributed by atoms with Gasteiger partial charge in [-0.25, -0.2) is 0 Å². The molecule has 4 fully saturated rings. The number of nitrogens with zero attached hydrogens (tertiary/aromatic N) is 4. The lowest BCUT2D eigenvalue weighted by atomic mass is 9.89. The predicted molar refractivity (Wildman–Crippen MR) is 100 cm³/mol. The van der Waals surface area contributed by atoms with E-state index < -0.39 is 0 Å². The fraction of sp³-hybridized carbons (Fsp3) is 1.00. The summed E-state index contributed by atoms with van der Waals surface area (Å²) in [6, 6.07) is 0.843. The number of fused-ring (bicyclic) bond motifs is 1. The van der Waals surface area contributed by atoms with Crippen LogP contribution in [0.1, 0.15) is 45.4 Å². The molecule has 4 heterocycles. The number of piperidine rings is 1. The van der Waals surface area contributed by atoms with Gasteiger partial charge in [0.05, 0.1) is 0 Å². The fourth-order valence-corrected chi connectivity index (χ4v) is 5.98. The van der Waals surface area contributed by atoms with Crippen LogP contribution in [-0.2, 0) is 0 Å². The molecule has 0 amide bonds. The van der Waals surface area contributed by atoms with E-state index in [1.807, 2.05) is 0 Å². The summed E-state index contributed by atoms with van der Waals surface area (Å²) in [6.07, 6.45) is 8.51. The van der Waals surface area contributed by atoms with E-state index in [1.54, 1.807) is 0 Å². The second kappa shape index (κ2) is 7.22. The van der Waals surface area contributed by atoms with E-state index in [-0.39, 0.29) is 0 Å². The first-order valence-corrected chi connectivity index (χ1v) is 10.6. The molecule has 0 N–H and O–H groups in total. The first-order valence-electron chi connectivity index (χ1n) is 10.6. The summed E-state index contributed by atoms with van der Waals surface area (Å²) >= 11 is 0. The topological polar surface area (TPSA) is 13.0 Å². The van der Waals surface area contributed by atoms with Crippen molar-refractivity contribution in [2.45, 2.75) is 57.0 Å². The third-order valence-electron chi connectivity index (χ3n) is 7.72. The Morgan fingerprint density at radius 2 is 1.71 bits per heavy atom. The quantitative estimate of drug-likeness (QED) is 0.779. The van der Waals surface area contributed by atoms with Crippen molar-refractivity contribution in [2.24, 2.45) is 5.92 Å². The molecule has 4 aliphatic rings. The highest BCUT2D eigenvalue weighted by Gasteiger charge is 2.48. The maximum atomic E-state index is 2.84. The number of piperazine rings is 1. The zero-order chi connectivity index (χ0) is 16.6. The minimum atomic E-state index is 0.579. The second-order valence-electron chi connectivity index (χ2n) is 9.07. The van der Waals surface area contributed by atoms with E-state index >= 15 is 0 Å². The Balaban J connectivity index is 1.24. The average molecular weight is 335 g/mol. The molecule has 4 aliphatic heterocycles. The zero-order valence-electron chi connectivity index (χ0n) is 16.1. The van der Waals surface area contributed by atoms with E-state index in [1.165, 1.54) is 97.4 Å². The summed E-state index contributed by atoms with van der Waals surface area (Å²) in [4.78, 5) is 10.9. The molecule has 0 aromatic carbocycles. The highest BCUT2D eigenvalue weighted by atomic mass is 15.3. The van der Waals surface area contributed by atoms with Crippen LogP contribution in [0.2, 0.25) is 0 Å². The molecule has 4 rings (SSSR count). The van der Waals surface area contributed by atoms with Crippen molar-refractivity contribution in [3.63, 3.8) is 0 Å². The Morgan fingerprint density at radius 1 is 0.958 bits per heavy atom. The largest absolute Gasteiger partial charge is 0.306 e. The van der Waals surface area contributed by atoms with Crippen LogP contribution < -0.4 is 0 Å². The number of rotatable bonds is 4. The van der Waals surface area contributed by atoms with Gasteiger partial charge in [-0.3, -0.25) is 9.80 Å². The van der Waals surface area contributed by atoms with Crippen LogP contribution in [0.25, 0.3) is 0 Å². The Morgan fingerprint density at radius 3 is 2.38 bits per heavy atom. The molecule has 2 atom stereocenters. The van der Waals surface area contributed by atoms with Gasteiger partial charge in [0.25, 0.3) is 0 Å². The summed E-state index contributed by atoms with van der Waals surface area (Å²) in [7, 11) is 2.27. The minimum Gasteiger partial charge on any atom is -0.306 e. The molecule has 24 heavy (non-hydrogen) atoms. The normalized spacial score (nSPS) is 38.0. The van der Waals surface area contributed by atoms with Gasteiger partial charge in [-0.2, -0.15) is 0 Å². The predicted octanol–water partition coefficient (Wildman–Crippen LogP) is 1.96. The Kier molecular flexibility index (Phi) is 5.19. The van der Waals surface area contributed by atoms with Gasteiger partial charge in [-0.1, -0.05) is 6.92 Å². The van der Waals surface area contributed by atoms with E-state index in [9.17, 15) is 0 Å². The van der Waals surface area contributed by atoms with Gasteiger partial charge in [-0.15, -0.1) is 0 Å². The summed E-state index contributed by atoms with van der Waals surface area (Å²) in [5.41, 5.74) is 0.579. The lowest BCUT2D eigenvalue weighted by Crippen LogP contribution is -2.52. The number of likely N-dealkylation sites (tertiary alicyclic amines) is 1. The summed E-state index contributed by atoms with van der Waals surface area (Å²) < 4.78 is 0. The first-order chi connectivity index (χ1) is 11.7. The Labute approximate surface area is 149 Å². The molecular formula is C20H38N4. The smallest absolute Gasteiger partial charge is 0.0242 e. The second-order valence-corrected chi connectivity index (χ2v) is 9.07. The number of hydrogen-bond donors (Lipinski definition) is 0. The van der Waals surface area contributed by atoms with Gasteiger partial charge in [0, 0.05) is 50.8 Å². The molecule has 138 valence electrons. The molecule has 0 radical (unpaired) electrons. The minimum absolute atomic E-state index is 0.579. The zero-order valence-corrected chi connectivity index (χ0v) is 16.1. The van der Waals surface area contributed by atoms with Crippen molar-refractivity contribution in [1.82, 2.24) is 19.6 Å². The van der Waals surface area contributed by atoms with Gasteiger partial charge in [0.15, 0.2) is 0 Å². The molecule has 4 saturated heterocycles. The molecule has 0 spiro atoms. The average Bonchev–Trinajstić information content (AvgIpc) is 3.15. The van der Waals surface area contributed by atoms with Crippen LogP contribution >= 0.6 is 0 Å². The summed E-state index contributed by atoms with van der Waals surface area (Å²) in [5.74, 6) is 0.952. The van der Waals surface area contributed by atoms with E-state index in [0.717, 1.165) is 12.0 Å². The van der Waals surface area contributed by atoms with Crippen molar-refractivity contribution < 1.29 is 0 Å². The third kappa shape index (κ3) is 3.40. The van der Waals surface area contributed by atoms with Crippen molar-refractivity contribution in [1.29, 1.82) is 0 Å². The highest BCUT2D eigenvalue weighted by molar-refractivity contribution is 5.05. The number of hydrogen-bond acceptors (Lipinski definition) is 4. The third-order valence-corrected chi connectivity index (χ3v) is 7.72. The molecule has 1 unspecified atom stereocenters. The van der Waals surface area contributed by atoms with Crippen molar-refractivity contribution in [3.8, 4) is 0 Å². The lowest BCUT2D eigenvalue weighted by molar-refractivity contribution is 0.0765. The molecule has 0 saturated carbocycles. The standard InChI is InChI=1S/C20H38N4/c1-3-20-7-4-8-24(20)17-19(15-20)23-13-11-22(12-14-23)16-18-5-9-21(2)10-6-18/h18-19H,3-17H2,1-2H3/t19-,20?/m0/s1. The first kappa shape index (κ1) is 17.3. The molecular weight excluding hydrogens is 296 g/mol. The molecule has 0 aromatic rings. The van der Waals surface area contributed by atoms with Gasteiger partial charge >= 0.3 is 0 Å². The van der Waals surface area contributed by atoms with Crippen molar-refractivity contribution in [3.05, 3.63) is 0 Å². The Bertz CT molecular complexity index is 412. The highest BCUT2D eigenvalue weighted by Crippen LogP contribution is 2.42. The van der Waals surface area contributed by atoms with Crippen LogP contribution in [0.5, 0.6) is 0 Å². The monoisotopic (exact) mass is 334 g/mol. The van der Waals surface area contributed by atoms with Crippen LogP contribution in [0.4, 0.5) is 0 Å². The Hall–Kier alpha value is -0.160. The molecule has 4 heteroatoms. The van der Waals surface area contributed by atoms with Crippen molar-refractivity contribution in [2.75, 3.05) is 66.0 Å². The van der Waals surface area contributed by atoms with Crippen LogP contribution in [0, 0.1) is 5.92 Å². The summed E-state index contributed by atoms with van der Waals surface area (Å²) in [5, 5.41) is 0. The van der Waals surface area contributed by atoms with E-state index in [2.05, 4.69) is 33.6 Å². The van der Waals surface area contributed by atoms with Gasteiger partial charge < -0.3 is 9.80 Å². The molecule has 0 aliphatic carbocycles. The molecule has 4 nitrogen and oxygen atoms in total. The van der Waals surface area contributed by atoms with Gasteiger partial charge in [-0.05, 0) is 71.1 Å². The van der Waals surface area contributed by atoms with Gasteiger partial charge in [0.1, 0.15) is 0 Å². The van der Waals surface area contributed by atoms with Gasteiger partial charge in [0.2, 0.25) is 0 Å². The molecule has 0 aromatic heterocycles. The van der Waals surface area contributed by atoms with Crippen molar-refractivity contribution >= 4 is 0 Å². The lowest BCUT2D eigenvalue weighted by Gasteiger charge is -2.40. The molecule has 0 bridgehead atoms. The SMILES string of the molecule is CCC12CCCN1C[C@@H](N1CCN(CC3CCN(C)CC3)CC1)C2. The van der Waals surface area contributed by atoms with E-state index in [0.29, 0.717) is 5.54 Å². The fourth-order valence-electron chi connectivity index (χ4n) is 5.98. The van der Waals surface area contributed by atoms with Crippen LogP contribution in [-0.4, -0.2) is 97.1 Å². The van der Waals surface area contributed by atoms with Crippen LogP contribution in [0.3, 0.4) is 0 Å².